The minimum Gasteiger partial charge on any atom is -0.489 e. The molecule has 0 aromatic heterocycles. The van der Waals surface area contributed by atoms with Crippen LogP contribution in [0.3, 0.4) is 0 Å². The zero-order valence-corrected chi connectivity index (χ0v) is 32.0. The van der Waals surface area contributed by atoms with Crippen molar-refractivity contribution < 1.29 is 32.4 Å². The second kappa shape index (κ2) is 15.3. The predicted octanol–water partition coefficient (Wildman–Crippen LogP) is 11.1. The van der Waals surface area contributed by atoms with Gasteiger partial charge in [-0.25, -0.2) is 9.36 Å². The van der Waals surface area contributed by atoms with Crippen LogP contribution in [0.25, 0.3) is 10.8 Å². The van der Waals surface area contributed by atoms with E-state index in [0.717, 1.165) is 37.4 Å². The van der Waals surface area contributed by atoms with Gasteiger partial charge in [0.05, 0.1) is 23.3 Å². The molecule has 0 aliphatic heterocycles. The highest BCUT2D eigenvalue weighted by Gasteiger charge is 2.41. The van der Waals surface area contributed by atoms with Crippen molar-refractivity contribution >= 4 is 36.5 Å². The molecule has 10 heteroatoms. The first-order chi connectivity index (χ1) is 22.7. The Morgan fingerprint density at radius 1 is 0.694 bits per heavy atom. The number of carbonyl (C=O) groups is 1. The summed E-state index contributed by atoms with van der Waals surface area (Å²) < 4.78 is 43.3. The van der Waals surface area contributed by atoms with E-state index in [4.69, 9.17) is 23.0 Å². The average Bonchev–Trinajstić information content (AvgIpc) is 2.97. The molecule has 4 rings (SSSR count). The van der Waals surface area contributed by atoms with Gasteiger partial charge in [0.2, 0.25) is 0 Å². The second-order valence-corrected chi connectivity index (χ2v) is 17.8. The minimum atomic E-state index is -4.08. The smallest absolute Gasteiger partial charge is 0.475 e. The van der Waals surface area contributed by atoms with Crippen LogP contribution in [0.15, 0.2) is 101 Å². The van der Waals surface area contributed by atoms with E-state index in [1.54, 1.807) is 81.0 Å². The van der Waals surface area contributed by atoms with Crippen molar-refractivity contribution in [2.24, 2.45) is 0 Å². The fraction of sp³-hybridized carbons (Fsp3) is 0.410. The molecule has 4 aromatic rings. The van der Waals surface area contributed by atoms with Gasteiger partial charge in [0.15, 0.2) is 0 Å². The van der Waals surface area contributed by atoms with Gasteiger partial charge in [0, 0.05) is 9.79 Å². The maximum absolute atomic E-state index is 13.9. The number of hydrogen-bond donors (Lipinski definition) is 1. The Morgan fingerprint density at radius 3 is 1.94 bits per heavy atom. The van der Waals surface area contributed by atoms with Crippen LogP contribution in [-0.4, -0.2) is 29.5 Å². The predicted molar refractivity (Wildman–Crippen MR) is 197 cm³/mol. The SMILES string of the molecule is CC(C)(C)OC(=O)N[C@@](C)(COP(=O)(OC(C)(C)C)OC(C)(C)C)c1ccc2cc(Sc3cccc(OCc4ccccc4)c3)ccc2c1. The monoisotopic (exact) mass is 707 g/mol. The fourth-order valence-corrected chi connectivity index (χ4v) is 7.62. The maximum Gasteiger partial charge on any atom is 0.475 e. The maximum atomic E-state index is 13.9. The van der Waals surface area contributed by atoms with E-state index >= 15 is 0 Å². The molecule has 0 aliphatic rings. The Labute approximate surface area is 295 Å². The summed E-state index contributed by atoms with van der Waals surface area (Å²) in [5.41, 5.74) is -1.67. The molecule has 264 valence electrons. The molecule has 49 heavy (non-hydrogen) atoms. The van der Waals surface area contributed by atoms with Gasteiger partial charge in [0.1, 0.15) is 18.0 Å². The van der Waals surface area contributed by atoms with Gasteiger partial charge in [-0.15, -0.1) is 0 Å². The van der Waals surface area contributed by atoms with Crippen LogP contribution in [0, 0.1) is 0 Å². The van der Waals surface area contributed by atoms with Crippen LogP contribution in [0.2, 0.25) is 0 Å². The third kappa shape index (κ3) is 12.5. The first-order valence-electron chi connectivity index (χ1n) is 16.4. The summed E-state index contributed by atoms with van der Waals surface area (Å²) in [5.74, 6) is 0.809. The van der Waals surface area contributed by atoms with Gasteiger partial charge in [-0.05, 0) is 128 Å². The zero-order valence-electron chi connectivity index (χ0n) is 30.3. The number of ether oxygens (including phenoxy) is 2. The molecule has 0 saturated heterocycles. The largest absolute Gasteiger partial charge is 0.489 e. The van der Waals surface area contributed by atoms with E-state index in [-0.39, 0.29) is 6.61 Å². The van der Waals surface area contributed by atoms with E-state index in [0.29, 0.717) is 6.61 Å². The molecular formula is C39H50NO7PS. The number of nitrogens with one attached hydrogen (secondary N) is 1. The Balaban J connectivity index is 1.58. The minimum absolute atomic E-state index is 0.211. The third-order valence-electron chi connectivity index (χ3n) is 6.80. The first kappa shape index (κ1) is 38.5. The van der Waals surface area contributed by atoms with Gasteiger partial charge in [-0.3, -0.25) is 13.6 Å². The van der Waals surface area contributed by atoms with Crippen LogP contribution in [0.1, 0.15) is 80.4 Å². The Hall–Kier alpha value is -3.33. The summed E-state index contributed by atoms with van der Waals surface area (Å²) in [6.45, 7) is 18.1. The van der Waals surface area contributed by atoms with E-state index < -0.39 is 36.3 Å². The second-order valence-electron chi connectivity index (χ2n) is 15.2. The number of alkyl carbamates (subject to hydrolysis) is 1. The summed E-state index contributed by atoms with van der Waals surface area (Å²) in [6.07, 6.45) is -0.635. The lowest BCUT2D eigenvalue weighted by atomic mass is 9.91. The summed E-state index contributed by atoms with van der Waals surface area (Å²) in [5, 5.41) is 4.94. The lowest BCUT2D eigenvalue weighted by Crippen LogP contribution is -2.48. The number of phosphoric ester groups is 1. The van der Waals surface area contributed by atoms with Gasteiger partial charge in [0.25, 0.3) is 0 Å². The van der Waals surface area contributed by atoms with Crippen molar-refractivity contribution in [1.82, 2.24) is 5.32 Å². The highest BCUT2D eigenvalue weighted by Crippen LogP contribution is 2.56. The summed E-state index contributed by atoms with van der Waals surface area (Å²) in [7, 11) is -4.08. The van der Waals surface area contributed by atoms with Gasteiger partial charge in [-0.2, -0.15) is 0 Å². The quantitative estimate of drug-likeness (QED) is 0.145. The van der Waals surface area contributed by atoms with Crippen molar-refractivity contribution in [2.45, 2.75) is 108 Å². The molecule has 0 bridgehead atoms. The molecule has 0 unspecified atom stereocenters. The van der Waals surface area contributed by atoms with Crippen molar-refractivity contribution in [3.8, 4) is 5.75 Å². The Morgan fingerprint density at radius 2 is 1.31 bits per heavy atom. The van der Waals surface area contributed by atoms with Crippen molar-refractivity contribution in [1.29, 1.82) is 0 Å². The zero-order chi connectivity index (χ0) is 36.1. The first-order valence-corrected chi connectivity index (χ1v) is 18.6. The standard InChI is InChI=1S/C39H50NO7PS/c1-36(2,3)45-35(41)40-39(10,27-44-48(42,46-37(4,5)6)47-38(7,8)9)31-21-19-30-24-34(22-20-29(30)23-31)49-33-18-14-17-32(25-33)43-26-28-15-12-11-13-16-28/h11-25H,26-27H2,1-10H3,(H,40,41)/t39-/m0/s1. The molecule has 0 radical (unpaired) electrons. The number of phosphoric acid groups is 1. The van der Waals surface area contributed by atoms with E-state index in [1.165, 1.54) is 0 Å². The number of rotatable bonds is 12. The Kier molecular flexibility index (Phi) is 12.0. The van der Waals surface area contributed by atoms with Gasteiger partial charge < -0.3 is 14.8 Å². The highest BCUT2D eigenvalue weighted by atomic mass is 32.2. The van der Waals surface area contributed by atoms with Crippen LogP contribution in [0.4, 0.5) is 4.79 Å². The van der Waals surface area contributed by atoms with E-state index in [9.17, 15) is 9.36 Å². The van der Waals surface area contributed by atoms with Crippen molar-refractivity contribution in [3.05, 3.63) is 102 Å². The van der Waals surface area contributed by atoms with Crippen molar-refractivity contribution in [3.63, 3.8) is 0 Å². The van der Waals surface area contributed by atoms with Gasteiger partial charge >= 0.3 is 13.9 Å². The molecule has 0 spiro atoms. The summed E-state index contributed by atoms with van der Waals surface area (Å²) in [4.78, 5) is 15.2. The van der Waals surface area contributed by atoms with E-state index in [1.807, 2.05) is 72.8 Å². The number of benzene rings is 4. The molecule has 1 amide bonds. The molecule has 0 saturated carbocycles. The van der Waals surface area contributed by atoms with Crippen molar-refractivity contribution in [2.75, 3.05) is 6.61 Å². The Bertz CT molecular complexity index is 1760. The number of hydrogen-bond acceptors (Lipinski definition) is 8. The van der Waals surface area contributed by atoms with Crippen LogP contribution >= 0.6 is 19.6 Å². The molecule has 8 nitrogen and oxygen atoms in total. The lowest BCUT2D eigenvalue weighted by Gasteiger charge is -2.36. The topological polar surface area (TPSA) is 92.3 Å². The summed E-state index contributed by atoms with van der Waals surface area (Å²) >= 11 is 1.65. The number of fused-ring (bicyclic) bond motifs is 1. The van der Waals surface area contributed by atoms with Crippen LogP contribution in [-0.2, 0) is 35.0 Å². The normalized spacial score (nSPS) is 13.9. The number of amides is 1. The van der Waals surface area contributed by atoms with Gasteiger partial charge in [-0.1, -0.05) is 66.4 Å². The number of carbonyl (C=O) groups excluding carboxylic acids is 1. The highest BCUT2D eigenvalue weighted by molar-refractivity contribution is 7.99. The third-order valence-corrected chi connectivity index (χ3v) is 9.77. The molecule has 4 aromatic carbocycles. The summed E-state index contributed by atoms with van der Waals surface area (Å²) in [6, 6.07) is 30.3. The molecular weight excluding hydrogens is 657 g/mol. The average molecular weight is 708 g/mol. The lowest BCUT2D eigenvalue weighted by molar-refractivity contribution is -0.00712. The molecule has 0 fully saturated rings. The molecule has 0 aliphatic carbocycles. The molecule has 1 N–H and O–H groups in total. The molecule has 0 heterocycles. The van der Waals surface area contributed by atoms with E-state index in [2.05, 4.69) is 23.5 Å². The fourth-order valence-electron chi connectivity index (χ4n) is 4.81. The van der Waals surface area contributed by atoms with Crippen LogP contribution in [0.5, 0.6) is 5.75 Å². The molecule has 1 atom stereocenters. The van der Waals surface area contributed by atoms with Crippen LogP contribution < -0.4 is 10.1 Å².